The molecule has 2 N–H and O–H groups in total. The molecule has 1 aromatic heterocycles. The lowest BCUT2D eigenvalue weighted by Gasteiger charge is -1.97. The van der Waals surface area contributed by atoms with Crippen LogP contribution >= 0.6 is 0 Å². The third-order valence-corrected chi connectivity index (χ3v) is 2.01. The highest BCUT2D eigenvalue weighted by Crippen LogP contribution is 2.15. The number of aromatic nitrogens is 2. The molecule has 0 unspecified atom stereocenters. The number of ether oxygens (including phenoxy) is 1. The second kappa shape index (κ2) is 4.13. The van der Waals surface area contributed by atoms with Crippen molar-refractivity contribution in [2.45, 2.75) is 27.3 Å². The SMILES string of the molecule is CCOC(=O)c1nn(CC)c(N)c1C. The van der Waals surface area contributed by atoms with Crippen molar-refractivity contribution < 1.29 is 9.53 Å². The molecule has 0 amide bonds. The Labute approximate surface area is 82.8 Å². The lowest BCUT2D eigenvalue weighted by atomic mass is 10.2. The predicted molar refractivity (Wildman–Crippen MR) is 53.0 cm³/mol. The Bertz CT molecular complexity index is 344. The zero-order valence-electron chi connectivity index (χ0n) is 8.70. The van der Waals surface area contributed by atoms with E-state index in [0.29, 0.717) is 30.2 Å². The number of aryl methyl sites for hydroxylation is 1. The van der Waals surface area contributed by atoms with Crippen molar-refractivity contribution >= 4 is 11.8 Å². The lowest BCUT2D eigenvalue weighted by Crippen LogP contribution is -2.07. The molecule has 0 aliphatic heterocycles. The van der Waals surface area contributed by atoms with Crippen LogP contribution in [0.3, 0.4) is 0 Å². The molecular weight excluding hydrogens is 182 g/mol. The fraction of sp³-hybridized carbons (Fsp3) is 0.556. The van der Waals surface area contributed by atoms with Crippen LogP contribution in [0.25, 0.3) is 0 Å². The summed E-state index contributed by atoms with van der Waals surface area (Å²) >= 11 is 0. The zero-order valence-corrected chi connectivity index (χ0v) is 8.70. The number of nitrogens with two attached hydrogens (primary N) is 1. The topological polar surface area (TPSA) is 70.1 Å². The van der Waals surface area contributed by atoms with Gasteiger partial charge < -0.3 is 10.5 Å². The van der Waals surface area contributed by atoms with E-state index in [2.05, 4.69) is 5.10 Å². The molecule has 0 saturated heterocycles. The van der Waals surface area contributed by atoms with Crippen LogP contribution in [-0.2, 0) is 11.3 Å². The molecule has 0 saturated carbocycles. The average molecular weight is 197 g/mol. The van der Waals surface area contributed by atoms with E-state index in [1.165, 1.54) is 0 Å². The van der Waals surface area contributed by atoms with Crippen molar-refractivity contribution in [3.63, 3.8) is 0 Å². The third kappa shape index (κ3) is 1.71. The van der Waals surface area contributed by atoms with E-state index in [1.54, 1.807) is 18.5 Å². The van der Waals surface area contributed by atoms with Crippen LogP contribution in [0.4, 0.5) is 5.82 Å². The van der Waals surface area contributed by atoms with E-state index in [1.807, 2.05) is 6.92 Å². The first-order chi connectivity index (χ1) is 6.61. The van der Waals surface area contributed by atoms with Crippen molar-refractivity contribution in [3.05, 3.63) is 11.3 Å². The smallest absolute Gasteiger partial charge is 0.359 e. The Morgan fingerprint density at radius 1 is 1.57 bits per heavy atom. The van der Waals surface area contributed by atoms with Crippen molar-refractivity contribution in [2.24, 2.45) is 0 Å². The number of hydrogen-bond donors (Lipinski definition) is 1. The van der Waals surface area contributed by atoms with Crippen molar-refractivity contribution in [3.8, 4) is 0 Å². The normalized spacial score (nSPS) is 10.2. The van der Waals surface area contributed by atoms with Crippen molar-refractivity contribution in [1.82, 2.24) is 9.78 Å². The van der Waals surface area contributed by atoms with Gasteiger partial charge >= 0.3 is 5.97 Å². The fourth-order valence-electron chi connectivity index (χ4n) is 1.20. The van der Waals surface area contributed by atoms with E-state index in [-0.39, 0.29) is 0 Å². The Balaban J connectivity index is 3.04. The molecule has 1 heterocycles. The van der Waals surface area contributed by atoms with Gasteiger partial charge in [0.1, 0.15) is 5.82 Å². The van der Waals surface area contributed by atoms with Gasteiger partial charge in [-0.05, 0) is 20.8 Å². The number of nitrogen functional groups attached to an aromatic ring is 1. The molecular formula is C9H15N3O2. The maximum Gasteiger partial charge on any atom is 0.359 e. The minimum atomic E-state index is -0.413. The minimum Gasteiger partial charge on any atom is -0.461 e. The first kappa shape index (κ1) is 10.6. The fourth-order valence-corrected chi connectivity index (χ4v) is 1.20. The van der Waals surface area contributed by atoms with E-state index in [0.717, 1.165) is 0 Å². The molecule has 5 nitrogen and oxygen atoms in total. The summed E-state index contributed by atoms with van der Waals surface area (Å²) < 4.78 is 6.44. The van der Waals surface area contributed by atoms with Gasteiger partial charge in [-0.15, -0.1) is 0 Å². The molecule has 0 atom stereocenters. The monoisotopic (exact) mass is 197 g/mol. The van der Waals surface area contributed by atoms with E-state index in [9.17, 15) is 4.79 Å². The van der Waals surface area contributed by atoms with Gasteiger partial charge in [-0.1, -0.05) is 0 Å². The van der Waals surface area contributed by atoms with Gasteiger partial charge in [-0.2, -0.15) is 5.10 Å². The summed E-state index contributed by atoms with van der Waals surface area (Å²) in [5, 5.41) is 4.06. The molecule has 0 bridgehead atoms. The second-order valence-corrected chi connectivity index (χ2v) is 2.90. The highest BCUT2D eigenvalue weighted by atomic mass is 16.5. The van der Waals surface area contributed by atoms with Crippen LogP contribution in [0.1, 0.15) is 29.9 Å². The first-order valence-electron chi connectivity index (χ1n) is 4.61. The second-order valence-electron chi connectivity index (χ2n) is 2.90. The van der Waals surface area contributed by atoms with Gasteiger partial charge in [0, 0.05) is 12.1 Å². The van der Waals surface area contributed by atoms with Gasteiger partial charge in [0.15, 0.2) is 5.69 Å². The maximum atomic E-state index is 11.4. The van der Waals surface area contributed by atoms with Crippen LogP contribution in [0.5, 0.6) is 0 Å². The van der Waals surface area contributed by atoms with Crippen LogP contribution in [0, 0.1) is 6.92 Å². The quantitative estimate of drug-likeness (QED) is 0.733. The Morgan fingerprint density at radius 3 is 2.64 bits per heavy atom. The van der Waals surface area contributed by atoms with Gasteiger partial charge in [-0.3, -0.25) is 0 Å². The zero-order chi connectivity index (χ0) is 10.7. The molecule has 5 heteroatoms. The summed E-state index contributed by atoms with van der Waals surface area (Å²) in [7, 11) is 0. The first-order valence-corrected chi connectivity index (χ1v) is 4.61. The van der Waals surface area contributed by atoms with Crippen molar-refractivity contribution in [1.29, 1.82) is 0 Å². The lowest BCUT2D eigenvalue weighted by molar-refractivity contribution is 0.0517. The highest BCUT2D eigenvalue weighted by molar-refractivity contribution is 5.90. The molecule has 78 valence electrons. The number of anilines is 1. The Hall–Kier alpha value is -1.52. The van der Waals surface area contributed by atoms with Crippen molar-refractivity contribution in [2.75, 3.05) is 12.3 Å². The molecule has 14 heavy (non-hydrogen) atoms. The third-order valence-electron chi connectivity index (χ3n) is 2.01. The predicted octanol–water partition coefficient (Wildman–Crippen LogP) is 0.970. The molecule has 1 rings (SSSR count). The number of rotatable bonds is 3. The van der Waals surface area contributed by atoms with Gasteiger partial charge in [-0.25, -0.2) is 9.48 Å². The summed E-state index contributed by atoms with van der Waals surface area (Å²) in [6.07, 6.45) is 0. The molecule has 0 aromatic carbocycles. The average Bonchev–Trinajstić information content (AvgIpc) is 2.44. The number of carbonyl (C=O) groups excluding carboxylic acids is 1. The summed E-state index contributed by atoms with van der Waals surface area (Å²) in [5.41, 5.74) is 6.74. The van der Waals surface area contributed by atoms with E-state index >= 15 is 0 Å². The maximum absolute atomic E-state index is 11.4. The Kier molecular flexibility index (Phi) is 3.11. The Morgan fingerprint density at radius 2 is 2.21 bits per heavy atom. The van der Waals surface area contributed by atoms with E-state index < -0.39 is 5.97 Å². The summed E-state index contributed by atoms with van der Waals surface area (Å²) in [6, 6.07) is 0. The van der Waals surface area contributed by atoms with Crippen LogP contribution < -0.4 is 5.73 Å². The van der Waals surface area contributed by atoms with Crippen LogP contribution in [0.15, 0.2) is 0 Å². The summed E-state index contributed by atoms with van der Waals surface area (Å²) in [6.45, 7) is 6.43. The molecule has 0 radical (unpaired) electrons. The largest absolute Gasteiger partial charge is 0.461 e. The van der Waals surface area contributed by atoms with Gasteiger partial charge in [0.25, 0.3) is 0 Å². The number of hydrogen-bond acceptors (Lipinski definition) is 4. The number of nitrogens with zero attached hydrogens (tertiary/aromatic N) is 2. The number of esters is 1. The van der Waals surface area contributed by atoms with E-state index in [4.69, 9.17) is 10.5 Å². The summed E-state index contributed by atoms with van der Waals surface area (Å²) in [4.78, 5) is 11.4. The minimum absolute atomic E-state index is 0.311. The molecule has 0 aliphatic carbocycles. The highest BCUT2D eigenvalue weighted by Gasteiger charge is 2.18. The standard InChI is InChI=1S/C9H15N3O2/c1-4-12-8(10)6(3)7(11-12)9(13)14-5-2/h4-5,10H2,1-3H3. The van der Waals surface area contributed by atoms with Crippen LogP contribution in [-0.4, -0.2) is 22.4 Å². The molecule has 0 spiro atoms. The molecule has 0 aliphatic rings. The summed E-state index contributed by atoms with van der Waals surface area (Å²) in [5.74, 6) is 0.111. The van der Waals surface area contributed by atoms with Crippen LogP contribution in [0.2, 0.25) is 0 Å². The van der Waals surface area contributed by atoms with Gasteiger partial charge in [0.05, 0.1) is 6.61 Å². The van der Waals surface area contributed by atoms with Gasteiger partial charge in [0.2, 0.25) is 0 Å². The number of carbonyl (C=O) groups is 1. The molecule has 0 fully saturated rings. The molecule has 1 aromatic rings.